The predicted octanol–water partition coefficient (Wildman–Crippen LogP) is 4.16. The summed E-state index contributed by atoms with van der Waals surface area (Å²) in [6.45, 7) is 8.83. The minimum Gasteiger partial charge on any atom is -0.358 e. The largest absolute Gasteiger partial charge is 0.358 e. The molecule has 0 aliphatic heterocycles. The Labute approximate surface area is 162 Å². The maximum Gasteiger partial charge on any atom is 0.191 e. The zero-order valence-corrected chi connectivity index (χ0v) is 17.2. The molecule has 0 radical (unpaired) electrons. The first-order valence-corrected chi connectivity index (χ1v) is 8.45. The molecule has 0 atom stereocenters. The van der Waals surface area contributed by atoms with Gasteiger partial charge in [0.1, 0.15) is 0 Å². The van der Waals surface area contributed by atoms with E-state index in [4.69, 9.17) is 0 Å². The zero-order valence-electron chi connectivity index (χ0n) is 14.9. The van der Waals surface area contributed by atoms with E-state index in [2.05, 4.69) is 70.9 Å². The second-order valence-electron chi connectivity index (χ2n) is 5.57. The summed E-state index contributed by atoms with van der Waals surface area (Å²) in [6, 6.07) is 8.48. The van der Waals surface area contributed by atoms with Gasteiger partial charge in [0.2, 0.25) is 0 Å². The summed E-state index contributed by atoms with van der Waals surface area (Å²) >= 11 is 0. The molecule has 3 N–H and O–H groups in total. The Morgan fingerprint density at radius 2 is 2.04 bits per heavy atom. The number of H-pyrrole nitrogens is 1. The number of aliphatic imine (C=N–C) groups is 1. The van der Waals surface area contributed by atoms with Crippen LogP contribution in [0.3, 0.4) is 0 Å². The van der Waals surface area contributed by atoms with Crippen molar-refractivity contribution >= 4 is 40.8 Å². The quantitative estimate of drug-likeness (QED) is 0.199. The van der Waals surface area contributed by atoms with Crippen LogP contribution in [0.5, 0.6) is 0 Å². The minimum atomic E-state index is 0. The van der Waals surface area contributed by atoms with Gasteiger partial charge in [-0.3, -0.25) is 4.99 Å². The normalized spacial score (nSPS) is 11.7. The number of aryl methyl sites for hydroxylation is 1. The van der Waals surface area contributed by atoms with Crippen molar-refractivity contribution in [3.8, 4) is 0 Å². The Morgan fingerprint density at radius 3 is 2.79 bits per heavy atom. The number of hydrogen-bond donors (Lipinski definition) is 3. The molecular formula is C19H29IN4. The van der Waals surface area contributed by atoms with Crippen LogP contribution in [0.15, 0.2) is 41.4 Å². The van der Waals surface area contributed by atoms with E-state index in [1.807, 2.05) is 6.92 Å². The molecular weight excluding hydrogens is 411 g/mol. The topological polar surface area (TPSA) is 52.2 Å². The van der Waals surface area contributed by atoms with Crippen molar-refractivity contribution in [1.82, 2.24) is 15.6 Å². The summed E-state index contributed by atoms with van der Waals surface area (Å²) in [5.41, 5.74) is 3.85. The number of benzene rings is 1. The SMILES string of the molecule is C/C=C/CCN=C(NCC)NCCc1c(C)[nH]c2ccccc12.I. The van der Waals surface area contributed by atoms with Crippen molar-refractivity contribution in [2.45, 2.75) is 33.6 Å². The van der Waals surface area contributed by atoms with Crippen LogP contribution in [0.25, 0.3) is 10.9 Å². The van der Waals surface area contributed by atoms with Crippen LogP contribution in [0.1, 0.15) is 31.5 Å². The Hall–Kier alpha value is -1.50. The van der Waals surface area contributed by atoms with Gasteiger partial charge in [0.25, 0.3) is 0 Å². The first-order valence-electron chi connectivity index (χ1n) is 8.45. The Kier molecular flexibility index (Phi) is 9.52. The summed E-state index contributed by atoms with van der Waals surface area (Å²) in [6.07, 6.45) is 6.17. The van der Waals surface area contributed by atoms with E-state index in [9.17, 15) is 0 Å². The molecule has 0 saturated heterocycles. The lowest BCUT2D eigenvalue weighted by atomic mass is 10.1. The fourth-order valence-corrected chi connectivity index (χ4v) is 2.72. The zero-order chi connectivity index (χ0) is 16.5. The fraction of sp³-hybridized carbons (Fsp3) is 0.421. The number of fused-ring (bicyclic) bond motifs is 1. The Morgan fingerprint density at radius 1 is 1.25 bits per heavy atom. The predicted molar refractivity (Wildman–Crippen MR) is 116 cm³/mol. The smallest absolute Gasteiger partial charge is 0.191 e. The molecule has 2 aromatic rings. The second kappa shape index (κ2) is 11.1. The van der Waals surface area contributed by atoms with Crippen molar-refractivity contribution in [2.75, 3.05) is 19.6 Å². The molecule has 0 amide bonds. The van der Waals surface area contributed by atoms with E-state index in [1.165, 1.54) is 22.2 Å². The van der Waals surface area contributed by atoms with E-state index in [1.54, 1.807) is 0 Å². The van der Waals surface area contributed by atoms with Crippen molar-refractivity contribution in [3.63, 3.8) is 0 Å². The van der Waals surface area contributed by atoms with Crippen LogP contribution in [0.4, 0.5) is 0 Å². The summed E-state index contributed by atoms with van der Waals surface area (Å²) in [5.74, 6) is 0.898. The monoisotopic (exact) mass is 440 g/mol. The number of halogens is 1. The Bertz CT molecular complexity index is 673. The summed E-state index contributed by atoms with van der Waals surface area (Å²) in [7, 11) is 0. The molecule has 0 saturated carbocycles. The Balaban J connectivity index is 0.00000288. The number of aromatic nitrogens is 1. The van der Waals surface area contributed by atoms with E-state index in [0.29, 0.717) is 0 Å². The van der Waals surface area contributed by atoms with Crippen LogP contribution >= 0.6 is 24.0 Å². The van der Waals surface area contributed by atoms with Crippen LogP contribution in [0.2, 0.25) is 0 Å². The molecule has 0 aliphatic rings. The van der Waals surface area contributed by atoms with Gasteiger partial charge >= 0.3 is 0 Å². The number of nitrogens with zero attached hydrogens (tertiary/aromatic N) is 1. The van der Waals surface area contributed by atoms with Gasteiger partial charge in [0.05, 0.1) is 0 Å². The molecule has 0 spiro atoms. The lowest BCUT2D eigenvalue weighted by molar-refractivity contribution is 0.798. The molecule has 2 rings (SSSR count). The minimum absolute atomic E-state index is 0. The van der Waals surface area contributed by atoms with E-state index in [-0.39, 0.29) is 24.0 Å². The number of aromatic amines is 1. The maximum absolute atomic E-state index is 4.59. The highest BCUT2D eigenvalue weighted by Gasteiger charge is 2.07. The average Bonchev–Trinajstić information content (AvgIpc) is 2.87. The third kappa shape index (κ3) is 5.85. The van der Waals surface area contributed by atoms with E-state index in [0.717, 1.165) is 38.4 Å². The van der Waals surface area contributed by atoms with Gasteiger partial charge in [-0.1, -0.05) is 30.4 Å². The molecule has 24 heavy (non-hydrogen) atoms. The third-order valence-corrected chi connectivity index (χ3v) is 3.84. The summed E-state index contributed by atoms with van der Waals surface area (Å²) in [4.78, 5) is 8.05. The molecule has 0 aliphatic carbocycles. The van der Waals surface area contributed by atoms with Gasteiger partial charge in [0.15, 0.2) is 5.96 Å². The van der Waals surface area contributed by atoms with Crippen LogP contribution in [-0.4, -0.2) is 30.6 Å². The number of nitrogens with one attached hydrogen (secondary N) is 3. The number of rotatable bonds is 7. The van der Waals surface area contributed by atoms with Gasteiger partial charge in [-0.05, 0) is 45.2 Å². The molecule has 0 fully saturated rings. The van der Waals surface area contributed by atoms with Crippen molar-refractivity contribution in [1.29, 1.82) is 0 Å². The fourth-order valence-electron chi connectivity index (χ4n) is 2.72. The first-order chi connectivity index (χ1) is 11.3. The summed E-state index contributed by atoms with van der Waals surface area (Å²) in [5, 5.41) is 8.05. The van der Waals surface area contributed by atoms with Gasteiger partial charge in [-0.25, -0.2) is 0 Å². The number of hydrogen-bond acceptors (Lipinski definition) is 1. The molecule has 0 unspecified atom stereocenters. The molecule has 4 nitrogen and oxygen atoms in total. The number of allylic oxidation sites excluding steroid dienone is 1. The van der Waals surface area contributed by atoms with Crippen molar-refractivity contribution in [3.05, 3.63) is 47.7 Å². The molecule has 132 valence electrons. The standard InChI is InChI=1S/C19H28N4.HI/c1-4-6-9-13-21-19(20-5-2)22-14-12-16-15(3)23-18-11-8-7-10-17(16)18;/h4,6-8,10-11,23H,5,9,12-14H2,1-3H3,(H2,20,21,22);1H/b6-4+;. The second-order valence-corrected chi connectivity index (χ2v) is 5.57. The van der Waals surface area contributed by atoms with E-state index < -0.39 is 0 Å². The van der Waals surface area contributed by atoms with Gasteiger partial charge in [0, 0.05) is 36.2 Å². The van der Waals surface area contributed by atoms with Crippen LogP contribution in [0, 0.1) is 6.92 Å². The van der Waals surface area contributed by atoms with Crippen molar-refractivity contribution < 1.29 is 0 Å². The number of guanidine groups is 1. The molecule has 1 heterocycles. The van der Waals surface area contributed by atoms with Crippen LogP contribution in [-0.2, 0) is 6.42 Å². The third-order valence-electron chi connectivity index (χ3n) is 3.84. The highest BCUT2D eigenvalue weighted by Crippen LogP contribution is 2.21. The molecule has 0 bridgehead atoms. The molecule has 1 aromatic heterocycles. The maximum atomic E-state index is 4.59. The van der Waals surface area contributed by atoms with Gasteiger partial charge < -0.3 is 15.6 Å². The summed E-state index contributed by atoms with van der Waals surface area (Å²) < 4.78 is 0. The first kappa shape index (κ1) is 20.5. The van der Waals surface area contributed by atoms with Gasteiger partial charge in [-0.15, -0.1) is 24.0 Å². The lowest BCUT2D eigenvalue weighted by Crippen LogP contribution is -2.38. The molecule has 5 heteroatoms. The van der Waals surface area contributed by atoms with Gasteiger partial charge in [-0.2, -0.15) is 0 Å². The van der Waals surface area contributed by atoms with E-state index >= 15 is 0 Å². The van der Waals surface area contributed by atoms with Crippen molar-refractivity contribution in [2.24, 2.45) is 4.99 Å². The molecule has 1 aromatic carbocycles. The number of para-hydroxylation sites is 1. The average molecular weight is 440 g/mol. The lowest BCUT2D eigenvalue weighted by Gasteiger charge is -2.11. The highest BCUT2D eigenvalue weighted by molar-refractivity contribution is 14.0. The van der Waals surface area contributed by atoms with Crippen LogP contribution < -0.4 is 10.6 Å². The highest BCUT2D eigenvalue weighted by atomic mass is 127.